The molecule has 1 aliphatic heterocycles. The van der Waals surface area contributed by atoms with Gasteiger partial charge in [0, 0.05) is 35.9 Å². The van der Waals surface area contributed by atoms with E-state index in [0.29, 0.717) is 29.7 Å². The quantitative estimate of drug-likeness (QED) is 0.576. The van der Waals surface area contributed by atoms with E-state index in [4.69, 9.17) is 4.74 Å². The number of carbonyl (C=O) groups is 1. The van der Waals surface area contributed by atoms with Crippen LogP contribution in [-0.4, -0.2) is 43.4 Å². The van der Waals surface area contributed by atoms with Crippen LogP contribution in [0.5, 0.6) is 5.75 Å². The van der Waals surface area contributed by atoms with Gasteiger partial charge in [-0.3, -0.25) is 4.79 Å². The maximum absolute atomic E-state index is 12.6. The van der Waals surface area contributed by atoms with Gasteiger partial charge in [-0.1, -0.05) is 55.5 Å². The first-order valence-electron chi connectivity index (χ1n) is 10.5. The highest BCUT2D eigenvalue weighted by Crippen LogP contribution is 2.52. The van der Waals surface area contributed by atoms with Crippen molar-refractivity contribution in [2.75, 3.05) is 6.54 Å². The number of hydrogen-bond acceptors (Lipinski definition) is 5. The highest BCUT2D eigenvalue weighted by Gasteiger charge is 2.50. The lowest BCUT2D eigenvalue weighted by Gasteiger charge is -2.22. The zero-order valence-electron chi connectivity index (χ0n) is 17.3. The molecule has 1 saturated carbocycles. The van der Waals surface area contributed by atoms with Crippen LogP contribution in [0, 0.1) is 5.92 Å². The molecule has 0 aromatic heterocycles. The van der Waals surface area contributed by atoms with Crippen molar-refractivity contribution >= 4 is 16.0 Å². The summed E-state index contributed by atoms with van der Waals surface area (Å²) in [7, 11) is -3.57. The summed E-state index contributed by atoms with van der Waals surface area (Å²) in [5, 5.41) is 20.2. The van der Waals surface area contributed by atoms with Gasteiger partial charge in [0.05, 0.1) is 17.8 Å². The second-order valence-electron chi connectivity index (χ2n) is 8.31. The van der Waals surface area contributed by atoms with E-state index in [0.717, 1.165) is 5.56 Å². The lowest BCUT2D eigenvalue weighted by molar-refractivity contribution is -0.138. The van der Waals surface area contributed by atoms with Crippen LogP contribution in [0.4, 0.5) is 0 Å². The largest absolute Gasteiger partial charge is 0.489 e. The van der Waals surface area contributed by atoms with E-state index in [1.165, 1.54) is 0 Å². The molecule has 0 amide bonds. The third-order valence-corrected chi connectivity index (χ3v) is 7.67. The van der Waals surface area contributed by atoms with Crippen molar-refractivity contribution in [2.24, 2.45) is 5.92 Å². The molecule has 2 aliphatic rings. The maximum Gasteiger partial charge on any atom is 0.311 e. The molecule has 1 fully saturated rings. The van der Waals surface area contributed by atoms with E-state index in [2.05, 4.69) is 4.72 Å². The van der Waals surface area contributed by atoms with Crippen LogP contribution >= 0.6 is 0 Å². The Morgan fingerprint density at radius 2 is 1.94 bits per heavy atom. The van der Waals surface area contributed by atoms with Gasteiger partial charge in [-0.2, -0.15) is 0 Å². The number of aliphatic hydroxyl groups excluding tert-OH is 1. The molecule has 0 spiro atoms. The first kappa shape index (κ1) is 21.8. The van der Waals surface area contributed by atoms with Gasteiger partial charge < -0.3 is 14.9 Å². The van der Waals surface area contributed by atoms with Crippen molar-refractivity contribution in [3.63, 3.8) is 0 Å². The number of para-hydroxylation sites is 1. The van der Waals surface area contributed by atoms with Crippen molar-refractivity contribution in [1.82, 2.24) is 4.72 Å². The van der Waals surface area contributed by atoms with E-state index in [9.17, 15) is 23.4 Å². The lowest BCUT2D eigenvalue weighted by Crippen LogP contribution is -2.35. The van der Waals surface area contributed by atoms with E-state index in [-0.39, 0.29) is 30.2 Å². The molecule has 3 N–H and O–H groups in total. The Morgan fingerprint density at radius 1 is 1.19 bits per heavy atom. The Labute approximate surface area is 182 Å². The minimum atomic E-state index is -3.57. The average Bonchev–Trinajstić information content (AvgIpc) is 3.22. The summed E-state index contributed by atoms with van der Waals surface area (Å²) >= 11 is 0. The highest BCUT2D eigenvalue weighted by atomic mass is 32.2. The van der Waals surface area contributed by atoms with Crippen LogP contribution in [-0.2, 0) is 20.6 Å². The van der Waals surface area contributed by atoms with Crippen molar-refractivity contribution in [2.45, 2.75) is 49.6 Å². The Hall–Kier alpha value is -2.42. The summed E-state index contributed by atoms with van der Waals surface area (Å²) in [6.45, 7) is 1.92. The number of aliphatic carboxylic acids is 1. The van der Waals surface area contributed by atoms with E-state index >= 15 is 0 Å². The van der Waals surface area contributed by atoms with Gasteiger partial charge in [-0.05, 0) is 12.0 Å². The summed E-state index contributed by atoms with van der Waals surface area (Å²) in [5.41, 5.74) is 2.18. The normalized spacial score (nSPS) is 25.5. The fraction of sp³-hybridized carbons (Fsp3) is 0.435. The Kier molecular flexibility index (Phi) is 6.05. The molecule has 2 aromatic carbocycles. The number of rotatable bonds is 8. The molecule has 0 radical (unpaired) electrons. The number of carboxylic acid groups (broad SMARTS) is 1. The minimum absolute atomic E-state index is 0.0979. The first-order chi connectivity index (χ1) is 14.8. The second-order valence-corrected chi connectivity index (χ2v) is 10.1. The molecule has 5 atom stereocenters. The maximum atomic E-state index is 12.6. The molecule has 0 bridgehead atoms. The number of sulfonamides is 1. The molecule has 4 rings (SSSR count). The van der Waals surface area contributed by atoms with Crippen molar-refractivity contribution < 1.29 is 28.2 Å². The Morgan fingerprint density at radius 3 is 2.61 bits per heavy atom. The number of benzene rings is 2. The minimum Gasteiger partial charge on any atom is -0.489 e. The lowest BCUT2D eigenvalue weighted by atomic mass is 9.85. The van der Waals surface area contributed by atoms with Gasteiger partial charge in [0.15, 0.2) is 0 Å². The number of hydrogen-bond donors (Lipinski definition) is 3. The topological polar surface area (TPSA) is 113 Å². The zero-order valence-corrected chi connectivity index (χ0v) is 18.1. The molecule has 0 saturated heterocycles. The van der Waals surface area contributed by atoms with Gasteiger partial charge in [-0.15, -0.1) is 0 Å². The molecule has 7 nitrogen and oxygen atoms in total. The molecular weight excluding hydrogens is 418 g/mol. The summed E-state index contributed by atoms with van der Waals surface area (Å²) in [6.07, 6.45) is -0.169. The highest BCUT2D eigenvalue weighted by molar-refractivity contribution is 7.88. The van der Waals surface area contributed by atoms with Crippen molar-refractivity contribution in [3.8, 4) is 5.75 Å². The SMILES string of the molecule is CCC(C(=O)O)c1cccc2c1OC1CC(O)C(CNS(=O)(=O)Cc3ccccc3)C21. The van der Waals surface area contributed by atoms with Gasteiger partial charge in [0.25, 0.3) is 0 Å². The standard InChI is InChI=1S/C23H27NO6S/c1-2-15(23(26)27)16-9-6-10-17-21-18(19(25)11-20(21)30-22(16)17)12-24-31(28,29)13-14-7-4-3-5-8-14/h3-10,15,18-21,24-25H,2,11-13H2,1H3,(H,26,27). The monoisotopic (exact) mass is 445 g/mol. The van der Waals surface area contributed by atoms with Gasteiger partial charge in [0.2, 0.25) is 10.0 Å². The van der Waals surface area contributed by atoms with Gasteiger partial charge in [0.1, 0.15) is 11.9 Å². The van der Waals surface area contributed by atoms with E-state index < -0.39 is 28.0 Å². The number of carboxylic acids is 1. The Bertz CT molecular complexity index is 1050. The molecule has 2 aromatic rings. The molecule has 166 valence electrons. The van der Waals surface area contributed by atoms with Crippen LogP contribution in [0.2, 0.25) is 0 Å². The number of aliphatic hydroxyl groups is 1. The Balaban J connectivity index is 1.54. The van der Waals surface area contributed by atoms with Gasteiger partial charge >= 0.3 is 5.97 Å². The summed E-state index contributed by atoms with van der Waals surface area (Å²) in [5.74, 6) is -1.65. The summed E-state index contributed by atoms with van der Waals surface area (Å²) in [4.78, 5) is 11.7. The van der Waals surface area contributed by atoms with Crippen molar-refractivity contribution in [1.29, 1.82) is 0 Å². The predicted octanol–water partition coefficient (Wildman–Crippen LogP) is 2.61. The fourth-order valence-electron chi connectivity index (χ4n) is 4.88. The molecule has 1 heterocycles. The molecule has 31 heavy (non-hydrogen) atoms. The number of fused-ring (bicyclic) bond motifs is 3. The molecular formula is C23H27NO6S. The van der Waals surface area contributed by atoms with Gasteiger partial charge in [-0.25, -0.2) is 13.1 Å². The predicted molar refractivity (Wildman–Crippen MR) is 115 cm³/mol. The number of ether oxygens (including phenoxy) is 1. The molecule has 5 unspecified atom stereocenters. The second kappa shape index (κ2) is 8.61. The van der Waals surface area contributed by atoms with Crippen LogP contribution in [0.15, 0.2) is 48.5 Å². The third-order valence-electron chi connectivity index (χ3n) is 6.35. The van der Waals surface area contributed by atoms with Crippen LogP contribution in [0.1, 0.15) is 48.3 Å². The van der Waals surface area contributed by atoms with E-state index in [1.807, 2.05) is 25.1 Å². The van der Waals surface area contributed by atoms with Crippen LogP contribution < -0.4 is 9.46 Å². The fourth-order valence-corrected chi connectivity index (χ4v) is 6.06. The number of nitrogens with one attached hydrogen (secondary N) is 1. The zero-order chi connectivity index (χ0) is 22.2. The molecule has 1 aliphatic carbocycles. The van der Waals surface area contributed by atoms with Crippen molar-refractivity contribution in [3.05, 3.63) is 65.2 Å². The molecule has 8 heteroatoms. The summed E-state index contributed by atoms with van der Waals surface area (Å²) < 4.78 is 33.9. The first-order valence-corrected chi connectivity index (χ1v) is 12.2. The summed E-state index contributed by atoms with van der Waals surface area (Å²) in [6, 6.07) is 14.4. The van der Waals surface area contributed by atoms with Crippen LogP contribution in [0.25, 0.3) is 0 Å². The smallest absolute Gasteiger partial charge is 0.311 e. The third kappa shape index (κ3) is 4.33. The van der Waals surface area contributed by atoms with E-state index in [1.54, 1.807) is 30.3 Å². The van der Waals surface area contributed by atoms with Crippen LogP contribution in [0.3, 0.4) is 0 Å². The average molecular weight is 446 g/mol.